The van der Waals surface area contributed by atoms with E-state index in [4.69, 9.17) is 0 Å². The lowest BCUT2D eigenvalue weighted by Crippen LogP contribution is -2.47. The van der Waals surface area contributed by atoms with E-state index in [-0.39, 0.29) is 5.56 Å². The van der Waals surface area contributed by atoms with Gasteiger partial charge in [-0.25, -0.2) is 15.0 Å². The van der Waals surface area contributed by atoms with Crippen LogP contribution in [0.3, 0.4) is 0 Å². The number of anilines is 1. The van der Waals surface area contributed by atoms with Crippen LogP contribution in [0.2, 0.25) is 0 Å². The van der Waals surface area contributed by atoms with Gasteiger partial charge in [-0.1, -0.05) is 0 Å². The molecule has 0 atom stereocenters. The molecule has 7 nitrogen and oxygen atoms in total. The Hall–Kier alpha value is -3.06. The second kappa shape index (κ2) is 7.05. The number of hydrogen-bond acceptors (Lipinski definition) is 6. The molecule has 3 aromatic rings. The SMILES string of the molecule is CN1CCN(c2nccn(-c3ccc(-c4ncccn4)cc3)c2=O)CC1. The Bertz CT molecular complexity index is 930. The molecule has 2 aromatic heterocycles. The smallest absolute Gasteiger partial charge is 0.298 e. The van der Waals surface area contributed by atoms with Crippen molar-refractivity contribution in [1.82, 2.24) is 24.4 Å². The average molecular weight is 348 g/mol. The van der Waals surface area contributed by atoms with Gasteiger partial charge in [0.1, 0.15) is 0 Å². The fourth-order valence-corrected chi connectivity index (χ4v) is 3.06. The number of likely N-dealkylation sites (N-methyl/N-ethyl adjacent to an activating group) is 1. The predicted molar refractivity (Wildman–Crippen MR) is 101 cm³/mol. The van der Waals surface area contributed by atoms with Crippen LogP contribution >= 0.6 is 0 Å². The van der Waals surface area contributed by atoms with Gasteiger partial charge in [-0.05, 0) is 37.4 Å². The molecule has 1 aliphatic rings. The average Bonchev–Trinajstić information content (AvgIpc) is 2.70. The van der Waals surface area contributed by atoms with E-state index >= 15 is 0 Å². The number of benzene rings is 1. The van der Waals surface area contributed by atoms with Crippen molar-refractivity contribution in [2.24, 2.45) is 0 Å². The summed E-state index contributed by atoms with van der Waals surface area (Å²) in [7, 11) is 2.09. The van der Waals surface area contributed by atoms with E-state index in [0.29, 0.717) is 11.6 Å². The van der Waals surface area contributed by atoms with Gasteiger partial charge in [-0.2, -0.15) is 0 Å². The van der Waals surface area contributed by atoms with Crippen molar-refractivity contribution in [3.63, 3.8) is 0 Å². The number of aromatic nitrogens is 4. The largest absolute Gasteiger partial charge is 0.349 e. The van der Waals surface area contributed by atoms with Crippen LogP contribution in [-0.2, 0) is 0 Å². The zero-order chi connectivity index (χ0) is 17.9. The molecule has 1 aromatic carbocycles. The summed E-state index contributed by atoms with van der Waals surface area (Å²) in [6.45, 7) is 3.49. The first kappa shape index (κ1) is 16.4. The predicted octanol–water partition coefficient (Wildman–Crippen LogP) is 1.44. The van der Waals surface area contributed by atoms with Crippen molar-refractivity contribution in [2.45, 2.75) is 0 Å². The zero-order valence-corrected chi connectivity index (χ0v) is 14.6. The van der Waals surface area contributed by atoms with Gasteiger partial charge in [0.25, 0.3) is 5.56 Å². The summed E-state index contributed by atoms with van der Waals surface area (Å²) in [5, 5.41) is 0. The van der Waals surface area contributed by atoms with E-state index in [9.17, 15) is 4.79 Å². The fourth-order valence-electron chi connectivity index (χ4n) is 3.06. The van der Waals surface area contributed by atoms with E-state index in [1.807, 2.05) is 24.3 Å². The molecule has 0 spiro atoms. The second-order valence-electron chi connectivity index (χ2n) is 6.34. The first-order chi connectivity index (χ1) is 12.7. The summed E-state index contributed by atoms with van der Waals surface area (Å²) in [6, 6.07) is 9.44. The first-order valence-electron chi connectivity index (χ1n) is 8.61. The molecule has 0 bridgehead atoms. The highest BCUT2D eigenvalue weighted by molar-refractivity contribution is 5.57. The van der Waals surface area contributed by atoms with Crippen molar-refractivity contribution >= 4 is 5.82 Å². The monoisotopic (exact) mass is 348 g/mol. The summed E-state index contributed by atoms with van der Waals surface area (Å²) >= 11 is 0. The molecule has 0 saturated carbocycles. The number of piperazine rings is 1. The number of nitrogens with zero attached hydrogens (tertiary/aromatic N) is 6. The molecule has 3 heterocycles. The molecule has 0 aliphatic carbocycles. The van der Waals surface area contributed by atoms with E-state index in [1.165, 1.54) is 0 Å². The van der Waals surface area contributed by atoms with E-state index in [0.717, 1.165) is 37.4 Å². The molecule has 26 heavy (non-hydrogen) atoms. The standard InChI is InChI=1S/C19H20N6O/c1-23-11-13-24(14-12-23)18-19(26)25(10-9-22-18)16-5-3-15(4-6-16)17-20-7-2-8-21-17/h2-10H,11-14H2,1H3. The molecule has 0 unspecified atom stereocenters. The molecule has 1 saturated heterocycles. The molecule has 4 rings (SSSR count). The summed E-state index contributed by atoms with van der Waals surface area (Å²) in [6.07, 6.45) is 6.82. The molecule has 1 aliphatic heterocycles. The topological polar surface area (TPSA) is 67.2 Å². The van der Waals surface area contributed by atoms with Crippen molar-refractivity contribution < 1.29 is 0 Å². The first-order valence-corrected chi connectivity index (χ1v) is 8.61. The van der Waals surface area contributed by atoms with Gasteiger partial charge in [0.05, 0.1) is 0 Å². The molecule has 0 radical (unpaired) electrons. The van der Waals surface area contributed by atoms with E-state index < -0.39 is 0 Å². The van der Waals surface area contributed by atoms with Gasteiger partial charge >= 0.3 is 0 Å². The van der Waals surface area contributed by atoms with Crippen molar-refractivity contribution in [3.8, 4) is 17.1 Å². The van der Waals surface area contributed by atoms with Crippen LogP contribution in [0.4, 0.5) is 5.82 Å². The van der Waals surface area contributed by atoms with Crippen LogP contribution in [0.1, 0.15) is 0 Å². The molecule has 0 N–H and O–H groups in total. The third-order valence-electron chi connectivity index (χ3n) is 4.59. The lowest BCUT2D eigenvalue weighted by Gasteiger charge is -2.32. The summed E-state index contributed by atoms with van der Waals surface area (Å²) in [5.74, 6) is 1.18. The molecule has 0 amide bonds. The third-order valence-corrected chi connectivity index (χ3v) is 4.59. The highest BCUT2D eigenvalue weighted by Gasteiger charge is 2.19. The Morgan fingerprint density at radius 1 is 0.885 bits per heavy atom. The van der Waals surface area contributed by atoms with Crippen LogP contribution in [0.5, 0.6) is 0 Å². The minimum Gasteiger partial charge on any atom is -0.349 e. The highest BCUT2D eigenvalue weighted by Crippen LogP contribution is 2.17. The lowest BCUT2D eigenvalue weighted by molar-refractivity contribution is 0.311. The van der Waals surface area contributed by atoms with Gasteiger partial charge in [0.15, 0.2) is 11.6 Å². The Balaban J connectivity index is 1.64. The Labute approximate surface area is 151 Å². The van der Waals surface area contributed by atoms with Crippen molar-refractivity contribution in [2.75, 3.05) is 38.1 Å². The summed E-state index contributed by atoms with van der Waals surface area (Å²) < 4.78 is 1.64. The maximum atomic E-state index is 12.9. The van der Waals surface area contributed by atoms with Crippen LogP contribution in [-0.4, -0.2) is 57.6 Å². The highest BCUT2D eigenvalue weighted by atomic mass is 16.1. The quantitative estimate of drug-likeness (QED) is 0.714. The molecular weight excluding hydrogens is 328 g/mol. The van der Waals surface area contributed by atoms with Gasteiger partial charge < -0.3 is 9.80 Å². The maximum Gasteiger partial charge on any atom is 0.298 e. The zero-order valence-electron chi connectivity index (χ0n) is 14.6. The summed E-state index contributed by atoms with van der Waals surface area (Å²) in [5.41, 5.74) is 1.61. The minimum atomic E-state index is -0.0965. The Morgan fingerprint density at radius 3 is 2.27 bits per heavy atom. The Kier molecular flexibility index (Phi) is 4.45. The van der Waals surface area contributed by atoms with E-state index in [1.54, 1.807) is 35.4 Å². The Morgan fingerprint density at radius 2 is 1.58 bits per heavy atom. The maximum absolute atomic E-state index is 12.9. The van der Waals surface area contributed by atoms with Gasteiger partial charge in [0.2, 0.25) is 0 Å². The fraction of sp³-hybridized carbons (Fsp3) is 0.263. The molecule has 7 heteroatoms. The van der Waals surface area contributed by atoms with Crippen LogP contribution in [0.25, 0.3) is 17.1 Å². The summed E-state index contributed by atoms with van der Waals surface area (Å²) in [4.78, 5) is 30.1. The number of hydrogen-bond donors (Lipinski definition) is 0. The van der Waals surface area contributed by atoms with Crippen molar-refractivity contribution in [1.29, 1.82) is 0 Å². The van der Waals surface area contributed by atoms with E-state index in [2.05, 4.69) is 31.8 Å². The number of rotatable bonds is 3. The molecular formula is C19H20N6O. The second-order valence-corrected chi connectivity index (χ2v) is 6.34. The molecule has 1 fully saturated rings. The van der Waals surface area contributed by atoms with Gasteiger partial charge in [0, 0.05) is 62.2 Å². The molecule has 132 valence electrons. The third kappa shape index (κ3) is 3.21. The van der Waals surface area contributed by atoms with Gasteiger partial charge in [-0.3, -0.25) is 9.36 Å². The van der Waals surface area contributed by atoms with Crippen LogP contribution in [0, 0.1) is 0 Å². The van der Waals surface area contributed by atoms with Crippen molar-refractivity contribution in [3.05, 3.63) is 65.5 Å². The van der Waals surface area contributed by atoms with Gasteiger partial charge in [-0.15, -0.1) is 0 Å². The normalized spacial score (nSPS) is 15.2. The van der Waals surface area contributed by atoms with Crippen LogP contribution in [0.15, 0.2) is 59.9 Å². The minimum absolute atomic E-state index is 0.0965. The van der Waals surface area contributed by atoms with Crippen LogP contribution < -0.4 is 10.5 Å². The lowest BCUT2D eigenvalue weighted by atomic mass is 10.2.